The molecule has 10 nitrogen and oxygen atoms in total. The topological polar surface area (TPSA) is 116 Å². The van der Waals surface area contributed by atoms with Crippen molar-refractivity contribution in [1.29, 1.82) is 5.26 Å². The zero-order valence-electron chi connectivity index (χ0n) is 17.9. The Labute approximate surface area is 184 Å². The van der Waals surface area contributed by atoms with Crippen molar-refractivity contribution in [3.8, 4) is 17.5 Å². The van der Waals surface area contributed by atoms with Crippen LogP contribution in [0.4, 0.5) is 11.5 Å². The molecular weight excluding hydrogens is 408 g/mol. The molecule has 5 heterocycles. The molecule has 10 heteroatoms. The number of nitrogens with zero attached hydrogens (tertiary/aromatic N) is 7. The molecule has 3 aromatic rings. The number of anilines is 2. The quantitative estimate of drug-likeness (QED) is 0.671. The standard InChI is InChI=1S/C22H24N8O2/c1-14-11-32-9-8-28(14)17-10-16-21-20(25-17)19(15-2-6-24-26-15)27-30(21)7-3-18(31)29(16)13-22(12-23)4-5-22/h2,6,10,14H,3-5,7-9,11,13H2,1H3,(H,24,26)/t14-/m1/s1. The Kier molecular flexibility index (Phi) is 4.23. The monoisotopic (exact) mass is 432 g/mol. The maximum atomic E-state index is 13.2. The molecule has 1 atom stereocenters. The van der Waals surface area contributed by atoms with Crippen LogP contribution in [0.15, 0.2) is 18.3 Å². The van der Waals surface area contributed by atoms with Gasteiger partial charge >= 0.3 is 0 Å². The molecule has 0 unspecified atom stereocenters. The molecule has 1 saturated heterocycles. The molecule has 1 amide bonds. The summed E-state index contributed by atoms with van der Waals surface area (Å²) in [5.41, 5.74) is 3.41. The van der Waals surface area contributed by atoms with Crippen molar-refractivity contribution in [2.45, 2.75) is 38.8 Å². The Morgan fingerprint density at radius 3 is 2.97 bits per heavy atom. The van der Waals surface area contributed by atoms with Crippen LogP contribution in [0, 0.1) is 16.7 Å². The van der Waals surface area contributed by atoms with Gasteiger partial charge in [0.25, 0.3) is 0 Å². The molecular formula is C22H24N8O2. The molecule has 3 aliphatic rings. The number of carbonyl (C=O) groups excluding carboxylic acids is 1. The second-order valence-electron chi connectivity index (χ2n) is 8.98. The van der Waals surface area contributed by atoms with Crippen LogP contribution >= 0.6 is 0 Å². The summed E-state index contributed by atoms with van der Waals surface area (Å²) in [6.45, 7) is 4.97. The van der Waals surface area contributed by atoms with Crippen LogP contribution in [0.3, 0.4) is 0 Å². The van der Waals surface area contributed by atoms with E-state index in [9.17, 15) is 10.1 Å². The summed E-state index contributed by atoms with van der Waals surface area (Å²) in [6, 6.07) is 6.47. The number of morpholine rings is 1. The number of pyridine rings is 1. The first-order chi connectivity index (χ1) is 15.6. The highest BCUT2D eigenvalue weighted by atomic mass is 16.5. The fourth-order valence-electron chi connectivity index (χ4n) is 4.70. The lowest BCUT2D eigenvalue weighted by atomic mass is 10.1. The number of H-pyrrole nitrogens is 1. The normalized spacial score (nSPS) is 22.1. The lowest BCUT2D eigenvalue weighted by Crippen LogP contribution is -2.44. The van der Waals surface area contributed by atoms with Crippen molar-refractivity contribution in [3.63, 3.8) is 0 Å². The largest absolute Gasteiger partial charge is 0.377 e. The SMILES string of the molecule is C[C@@H]1COCCN1c1cc2c3c(n1)c(-c1ccn[nH]1)nn3CCC(=O)N2CC1(C#N)CC1. The number of amides is 1. The van der Waals surface area contributed by atoms with Gasteiger partial charge in [0.15, 0.2) is 0 Å². The van der Waals surface area contributed by atoms with Crippen LogP contribution in [0.2, 0.25) is 0 Å². The number of nitrogens with one attached hydrogen (secondary N) is 1. The highest BCUT2D eigenvalue weighted by Crippen LogP contribution is 2.47. The number of hydrogen-bond acceptors (Lipinski definition) is 7. The number of nitriles is 1. The Morgan fingerprint density at radius 1 is 1.38 bits per heavy atom. The minimum atomic E-state index is -0.445. The van der Waals surface area contributed by atoms with E-state index in [4.69, 9.17) is 14.8 Å². The lowest BCUT2D eigenvalue weighted by molar-refractivity contribution is -0.118. The molecule has 0 bridgehead atoms. The molecule has 32 heavy (non-hydrogen) atoms. The van der Waals surface area contributed by atoms with E-state index in [1.165, 1.54) is 0 Å². The predicted molar refractivity (Wildman–Crippen MR) is 117 cm³/mol. The number of ether oxygens (including phenoxy) is 1. The Morgan fingerprint density at radius 2 is 2.25 bits per heavy atom. The first-order valence-electron chi connectivity index (χ1n) is 11.1. The second-order valence-corrected chi connectivity index (χ2v) is 8.98. The summed E-state index contributed by atoms with van der Waals surface area (Å²) in [7, 11) is 0. The van der Waals surface area contributed by atoms with E-state index in [-0.39, 0.29) is 11.9 Å². The van der Waals surface area contributed by atoms with Gasteiger partial charge < -0.3 is 14.5 Å². The van der Waals surface area contributed by atoms with Gasteiger partial charge in [-0.2, -0.15) is 15.5 Å². The molecule has 1 saturated carbocycles. The number of hydrogen-bond donors (Lipinski definition) is 1. The van der Waals surface area contributed by atoms with E-state index in [2.05, 4.69) is 28.1 Å². The van der Waals surface area contributed by atoms with Crippen LogP contribution < -0.4 is 9.80 Å². The summed E-state index contributed by atoms with van der Waals surface area (Å²) in [4.78, 5) is 22.3. The van der Waals surface area contributed by atoms with Crippen molar-refractivity contribution in [3.05, 3.63) is 18.3 Å². The van der Waals surface area contributed by atoms with Gasteiger partial charge in [0.1, 0.15) is 22.5 Å². The van der Waals surface area contributed by atoms with Crippen molar-refractivity contribution < 1.29 is 9.53 Å². The van der Waals surface area contributed by atoms with Crippen LogP contribution in [0.25, 0.3) is 22.4 Å². The van der Waals surface area contributed by atoms with E-state index in [0.717, 1.165) is 53.3 Å². The molecule has 2 fully saturated rings. The van der Waals surface area contributed by atoms with E-state index in [1.54, 1.807) is 11.1 Å². The third kappa shape index (κ3) is 2.96. The first-order valence-corrected chi connectivity index (χ1v) is 11.1. The number of aromatic amines is 1. The molecule has 164 valence electrons. The van der Waals surface area contributed by atoms with Crippen LogP contribution in [-0.2, 0) is 16.1 Å². The van der Waals surface area contributed by atoms with Crippen LogP contribution in [0.1, 0.15) is 26.2 Å². The van der Waals surface area contributed by atoms with Gasteiger partial charge in [-0.3, -0.25) is 14.6 Å². The minimum Gasteiger partial charge on any atom is -0.377 e. The van der Waals surface area contributed by atoms with E-state index < -0.39 is 5.41 Å². The second kappa shape index (κ2) is 7.03. The average Bonchev–Trinajstić information content (AvgIpc) is 3.23. The van der Waals surface area contributed by atoms with Gasteiger partial charge in [-0.15, -0.1) is 0 Å². The Bertz CT molecular complexity index is 1240. The predicted octanol–water partition coefficient (Wildman–Crippen LogP) is 2.09. The van der Waals surface area contributed by atoms with Gasteiger partial charge in [0.05, 0.1) is 48.7 Å². The third-order valence-corrected chi connectivity index (χ3v) is 6.76. The fraction of sp³-hybridized carbons (Fsp3) is 0.500. The summed E-state index contributed by atoms with van der Waals surface area (Å²) in [5.74, 6) is 0.818. The van der Waals surface area contributed by atoms with Gasteiger partial charge in [0, 0.05) is 31.8 Å². The molecule has 2 aliphatic heterocycles. The summed E-state index contributed by atoms with van der Waals surface area (Å²) < 4.78 is 7.50. The molecule has 0 spiro atoms. The molecule has 6 rings (SSSR count). The summed E-state index contributed by atoms with van der Waals surface area (Å²) in [6.07, 6.45) is 3.68. The minimum absolute atomic E-state index is 0.0218. The molecule has 0 radical (unpaired) electrons. The number of rotatable bonds is 4. The fourth-order valence-corrected chi connectivity index (χ4v) is 4.70. The third-order valence-electron chi connectivity index (χ3n) is 6.76. The summed E-state index contributed by atoms with van der Waals surface area (Å²) >= 11 is 0. The molecule has 1 aliphatic carbocycles. The smallest absolute Gasteiger partial charge is 0.228 e. The maximum Gasteiger partial charge on any atom is 0.228 e. The van der Waals surface area contributed by atoms with E-state index >= 15 is 0 Å². The first kappa shape index (κ1) is 19.3. The zero-order valence-corrected chi connectivity index (χ0v) is 17.9. The average molecular weight is 432 g/mol. The van der Waals surface area contributed by atoms with Crippen molar-refractivity contribution >= 4 is 28.4 Å². The van der Waals surface area contributed by atoms with Gasteiger partial charge in [-0.1, -0.05) is 0 Å². The van der Waals surface area contributed by atoms with E-state index in [0.29, 0.717) is 32.7 Å². The van der Waals surface area contributed by atoms with Crippen molar-refractivity contribution in [2.24, 2.45) is 5.41 Å². The Hall–Kier alpha value is -3.45. The number of aryl methyl sites for hydroxylation is 1. The summed E-state index contributed by atoms with van der Waals surface area (Å²) in [5, 5.41) is 21.6. The van der Waals surface area contributed by atoms with Crippen molar-refractivity contribution in [1.82, 2.24) is 25.0 Å². The number of carbonyl (C=O) groups is 1. The maximum absolute atomic E-state index is 13.2. The van der Waals surface area contributed by atoms with Crippen molar-refractivity contribution in [2.75, 3.05) is 36.1 Å². The highest BCUT2D eigenvalue weighted by molar-refractivity contribution is 6.06. The number of aromatic nitrogens is 5. The zero-order chi connectivity index (χ0) is 21.9. The van der Waals surface area contributed by atoms with Crippen LogP contribution in [-0.4, -0.2) is 63.2 Å². The molecule has 1 N–H and O–H groups in total. The van der Waals surface area contributed by atoms with Crippen LogP contribution in [0.5, 0.6) is 0 Å². The van der Waals surface area contributed by atoms with Gasteiger partial charge in [-0.25, -0.2) is 4.98 Å². The van der Waals surface area contributed by atoms with Gasteiger partial charge in [-0.05, 0) is 25.8 Å². The molecule has 3 aromatic heterocycles. The van der Waals surface area contributed by atoms with E-state index in [1.807, 2.05) is 16.8 Å². The highest BCUT2D eigenvalue weighted by Gasteiger charge is 2.46. The van der Waals surface area contributed by atoms with Gasteiger partial charge in [0.2, 0.25) is 5.91 Å². The molecule has 0 aromatic carbocycles. The Balaban J connectivity index is 1.58. The lowest BCUT2D eigenvalue weighted by Gasteiger charge is -2.35.